The summed E-state index contributed by atoms with van der Waals surface area (Å²) in [6.07, 6.45) is 2.93. The lowest BCUT2D eigenvalue weighted by atomic mass is 10.0. The van der Waals surface area contributed by atoms with Crippen LogP contribution in [0.4, 0.5) is 4.53 Å². The molecule has 0 spiro atoms. The number of benzene rings is 1. The molecule has 0 amide bonds. The average molecular weight is 431 g/mol. The predicted octanol–water partition coefficient (Wildman–Crippen LogP) is 6.27. The quantitative estimate of drug-likeness (QED) is 0.375. The van der Waals surface area contributed by atoms with Gasteiger partial charge in [-0.2, -0.15) is 0 Å². The normalized spacial score (nSPS) is 8.50. The van der Waals surface area contributed by atoms with E-state index < -0.39 is 18.4 Å². The number of rotatable bonds is 7. The molecule has 1 aromatic carbocycles. The summed E-state index contributed by atoms with van der Waals surface area (Å²) in [7, 11) is 2.77. The fraction of sp³-hybridized carbons (Fsp3) is 0.565. The molecule has 30 heavy (non-hydrogen) atoms. The van der Waals surface area contributed by atoms with Gasteiger partial charge in [-0.3, -0.25) is 4.94 Å². The Balaban J connectivity index is -0.000000616. The molecule has 0 radical (unpaired) electrons. The van der Waals surface area contributed by atoms with Crippen molar-refractivity contribution in [1.82, 2.24) is 0 Å². The SMILES string of the molecule is CC.CC.CCC=C(C)C.CCOC(=O)c1c(CC(=O)OF)cc(OC)cc1OC. The maximum absolute atomic E-state index is 11.9. The summed E-state index contributed by atoms with van der Waals surface area (Å²) in [5.41, 5.74) is 1.65. The number of allylic oxidation sites excluding steroid dienone is 2. The topological polar surface area (TPSA) is 71.1 Å². The van der Waals surface area contributed by atoms with E-state index in [0.29, 0.717) is 5.75 Å². The molecule has 1 aromatic rings. The summed E-state index contributed by atoms with van der Waals surface area (Å²) >= 11 is 0. The lowest BCUT2D eigenvalue weighted by Gasteiger charge is -2.14. The van der Waals surface area contributed by atoms with E-state index in [1.54, 1.807) is 6.92 Å². The molecule has 0 saturated carbocycles. The highest BCUT2D eigenvalue weighted by molar-refractivity contribution is 5.96. The molecule has 0 aromatic heterocycles. The van der Waals surface area contributed by atoms with Crippen molar-refractivity contribution in [3.8, 4) is 11.5 Å². The van der Waals surface area contributed by atoms with Gasteiger partial charge in [-0.05, 0) is 38.8 Å². The molecule has 0 saturated heterocycles. The van der Waals surface area contributed by atoms with Gasteiger partial charge in [0.25, 0.3) is 0 Å². The molecule has 0 aliphatic heterocycles. The van der Waals surface area contributed by atoms with Crippen molar-refractivity contribution in [2.75, 3.05) is 20.8 Å². The zero-order valence-corrected chi connectivity index (χ0v) is 20.2. The first-order chi connectivity index (χ1) is 14.3. The fourth-order valence-electron chi connectivity index (χ4n) is 2.09. The van der Waals surface area contributed by atoms with Gasteiger partial charge >= 0.3 is 11.9 Å². The maximum Gasteiger partial charge on any atom is 0.353 e. The van der Waals surface area contributed by atoms with Crippen molar-refractivity contribution >= 4 is 11.9 Å². The Hall–Kier alpha value is -2.57. The van der Waals surface area contributed by atoms with Crippen LogP contribution in [0.2, 0.25) is 0 Å². The first-order valence-corrected chi connectivity index (χ1v) is 10.2. The number of carbonyl (C=O) groups is 2. The number of esters is 1. The lowest BCUT2D eigenvalue weighted by molar-refractivity contribution is -0.182. The van der Waals surface area contributed by atoms with E-state index in [2.05, 4.69) is 31.8 Å². The van der Waals surface area contributed by atoms with Crippen LogP contribution in [0.25, 0.3) is 0 Å². The van der Waals surface area contributed by atoms with E-state index in [-0.39, 0.29) is 23.5 Å². The van der Waals surface area contributed by atoms with Crippen LogP contribution < -0.4 is 9.47 Å². The molecule has 0 atom stereocenters. The third kappa shape index (κ3) is 13.6. The van der Waals surface area contributed by atoms with Crippen molar-refractivity contribution in [3.63, 3.8) is 0 Å². The Morgan fingerprint density at radius 3 is 1.90 bits per heavy atom. The van der Waals surface area contributed by atoms with Crippen LogP contribution in [-0.4, -0.2) is 32.8 Å². The van der Waals surface area contributed by atoms with Crippen molar-refractivity contribution in [2.45, 2.75) is 68.2 Å². The van der Waals surface area contributed by atoms with Crippen LogP contribution in [0.15, 0.2) is 23.8 Å². The van der Waals surface area contributed by atoms with E-state index in [9.17, 15) is 14.1 Å². The fourth-order valence-corrected chi connectivity index (χ4v) is 2.09. The molecular formula is C23H39FO6. The van der Waals surface area contributed by atoms with Gasteiger partial charge in [-0.25, -0.2) is 9.59 Å². The Labute approximate surface area is 181 Å². The molecular weight excluding hydrogens is 391 g/mol. The Bertz CT molecular complexity index is 622. The first-order valence-electron chi connectivity index (χ1n) is 10.2. The van der Waals surface area contributed by atoms with Crippen molar-refractivity contribution in [1.29, 1.82) is 0 Å². The van der Waals surface area contributed by atoms with Gasteiger partial charge in [0.2, 0.25) is 0 Å². The van der Waals surface area contributed by atoms with Gasteiger partial charge in [0, 0.05) is 10.6 Å². The van der Waals surface area contributed by atoms with E-state index in [1.165, 1.54) is 38.3 Å². The number of ether oxygens (including phenoxy) is 3. The number of carbonyl (C=O) groups excluding carboxylic acids is 2. The second kappa shape index (κ2) is 21.1. The Morgan fingerprint density at radius 1 is 1.00 bits per heavy atom. The summed E-state index contributed by atoms with van der Waals surface area (Å²) in [5.74, 6) is -1.28. The second-order valence-electron chi connectivity index (χ2n) is 5.40. The summed E-state index contributed by atoms with van der Waals surface area (Å²) < 4.78 is 26.9. The first kappa shape index (κ1) is 32.1. The molecule has 6 nitrogen and oxygen atoms in total. The van der Waals surface area contributed by atoms with Crippen LogP contribution in [0, 0.1) is 0 Å². The molecule has 0 N–H and O–H groups in total. The molecule has 0 heterocycles. The van der Waals surface area contributed by atoms with Gasteiger partial charge < -0.3 is 14.2 Å². The van der Waals surface area contributed by atoms with Gasteiger partial charge in [0.15, 0.2) is 0 Å². The third-order valence-corrected chi connectivity index (χ3v) is 3.13. The summed E-state index contributed by atoms with van der Waals surface area (Å²) in [5, 5.41) is 0. The van der Waals surface area contributed by atoms with Crippen molar-refractivity contribution in [2.24, 2.45) is 0 Å². The minimum absolute atomic E-state index is 0.0422. The average Bonchev–Trinajstić information content (AvgIpc) is 2.76. The molecule has 174 valence electrons. The smallest absolute Gasteiger partial charge is 0.353 e. The van der Waals surface area contributed by atoms with Gasteiger partial charge in [0.1, 0.15) is 17.1 Å². The van der Waals surface area contributed by atoms with Crippen LogP contribution >= 0.6 is 0 Å². The minimum Gasteiger partial charge on any atom is -0.497 e. The van der Waals surface area contributed by atoms with Crippen LogP contribution in [-0.2, 0) is 20.9 Å². The molecule has 0 fully saturated rings. The van der Waals surface area contributed by atoms with Crippen LogP contribution in [0.1, 0.15) is 77.7 Å². The van der Waals surface area contributed by atoms with Crippen LogP contribution in [0.3, 0.4) is 0 Å². The lowest BCUT2D eigenvalue weighted by Crippen LogP contribution is -2.13. The maximum atomic E-state index is 11.9. The molecule has 1 rings (SSSR count). The van der Waals surface area contributed by atoms with Crippen molar-refractivity contribution in [3.05, 3.63) is 34.9 Å². The van der Waals surface area contributed by atoms with Crippen molar-refractivity contribution < 1.29 is 33.3 Å². The molecule has 7 heteroatoms. The van der Waals surface area contributed by atoms with Gasteiger partial charge in [0.05, 0.1) is 27.2 Å². The highest BCUT2D eigenvalue weighted by Gasteiger charge is 2.22. The summed E-state index contributed by atoms with van der Waals surface area (Å²) in [4.78, 5) is 26.1. The Kier molecular flexibility index (Phi) is 22.6. The summed E-state index contributed by atoms with van der Waals surface area (Å²) in [6, 6.07) is 2.89. The molecule has 0 bridgehead atoms. The van der Waals surface area contributed by atoms with E-state index in [0.717, 1.165) is 0 Å². The van der Waals surface area contributed by atoms with E-state index in [4.69, 9.17) is 14.2 Å². The van der Waals surface area contributed by atoms with E-state index in [1.807, 2.05) is 27.7 Å². The number of hydrogen-bond acceptors (Lipinski definition) is 6. The molecule has 0 unspecified atom stereocenters. The zero-order valence-electron chi connectivity index (χ0n) is 20.2. The zero-order chi connectivity index (χ0) is 24.1. The number of halogens is 1. The number of methoxy groups -OCH3 is 2. The number of hydrogen-bond donors (Lipinski definition) is 0. The largest absolute Gasteiger partial charge is 0.497 e. The van der Waals surface area contributed by atoms with Gasteiger partial charge in [-0.1, -0.05) is 46.3 Å². The Morgan fingerprint density at radius 2 is 1.57 bits per heavy atom. The molecule has 0 aliphatic rings. The standard InChI is InChI=1S/C13H15FO6.C6H12.2C2H6/c1-4-19-13(16)12-8(6-11(15)20-14)5-9(17-2)7-10(12)18-3;1-4-5-6(2)3;2*1-2/h5,7H,4,6H2,1-3H3;5H,4H2,1-3H3;2*1-2H3. The minimum atomic E-state index is -1.13. The highest BCUT2D eigenvalue weighted by atomic mass is 19.3. The third-order valence-electron chi connectivity index (χ3n) is 3.13. The van der Waals surface area contributed by atoms with Crippen LogP contribution in [0.5, 0.6) is 11.5 Å². The molecule has 0 aliphatic carbocycles. The monoisotopic (exact) mass is 430 g/mol. The van der Waals surface area contributed by atoms with E-state index >= 15 is 0 Å². The predicted molar refractivity (Wildman–Crippen MR) is 119 cm³/mol. The second-order valence-corrected chi connectivity index (χ2v) is 5.40. The highest BCUT2D eigenvalue weighted by Crippen LogP contribution is 2.30. The van der Waals surface area contributed by atoms with Gasteiger partial charge in [-0.15, -0.1) is 0 Å². The summed E-state index contributed by atoms with van der Waals surface area (Å²) in [6.45, 7) is 16.2.